The lowest BCUT2D eigenvalue weighted by atomic mass is 9.87. The number of hydrogen-bond acceptors (Lipinski definition) is 11. The fourth-order valence-electron chi connectivity index (χ4n) is 3.24. The summed E-state index contributed by atoms with van der Waals surface area (Å²) < 4.78 is 17.4. The van der Waals surface area contributed by atoms with Crippen LogP contribution in [-0.4, -0.2) is 124 Å². The fraction of sp³-hybridized carbons (Fsp3) is 0.957. The third kappa shape index (κ3) is 19.9. The SMILES string of the molecule is CC(C)(C)OC(CNCCNCCNCCNCCN)OC(COCC(=O)O)C(CO)C(C)(C)O. The summed E-state index contributed by atoms with van der Waals surface area (Å²) in [6, 6.07) is 0. The van der Waals surface area contributed by atoms with Crippen LogP contribution in [0.1, 0.15) is 34.6 Å². The summed E-state index contributed by atoms with van der Waals surface area (Å²) in [5.41, 5.74) is 3.64. The van der Waals surface area contributed by atoms with Crippen LogP contribution in [0.4, 0.5) is 0 Å². The van der Waals surface area contributed by atoms with E-state index in [1.807, 2.05) is 20.8 Å². The number of rotatable bonds is 23. The van der Waals surface area contributed by atoms with Crippen molar-refractivity contribution in [1.82, 2.24) is 21.3 Å². The van der Waals surface area contributed by atoms with E-state index >= 15 is 0 Å². The van der Waals surface area contributed by atoms with E-state index < -0.39 is 42.1 Å². The zero-order valence-electron chi connectivity index (χ0n) is 22.3. The third-order valence-electron chi connectivity index (χ3n) is 4.94. The molecule has 0 aliphatic rings. The Morgan fingerprint density at radius 3 is 1.86 bits per heavy atom. The number of nitrogens with two attached hydrogens (primary N) is 1. The predicted molar refractivity (Wildman–Crippen MR) is 135 cm³/mol. The van der Waals surface area contributed by atoms with Gasteiger partial charge in [0, 0.05) is 64.8 Å². The van der Waals surface area contributed by atoms with Gasteiger partial charge in [0.25, 0.3) is 0 Å². The summed E-state index contributed by atoms with van der Waals surface area (Å²) in [6.45, 7) is 14.6. The van der Waals surface area contributed by atoms with Gasteiger partial charge >= 0.3 is 5.97 Å². The lowest BCUT2D eigenvalue weighted by molar-refractivity contribution is -0.241. The Balaban J connectivity index is 4.64. The van der Waals surface area contributed by atoms with Crippen LogP contribution in [-0.2, 0) is 19.0 Å². The Labute approximate surface area is 210 Å². The van der Waals surface area contributed by atoms with Crippen molar-refractivity contribution in [3.63, 3.8) is 0 Å². The Bertz CT molecular complexity index is 529. The van der Waals surface area contributed by atoms with Crippen LogP contribution in [0, 0.1) is 5.92 Å². The lowest BCUT2D eigenvalue weighted by Crippen LogP contribution is -2.49. The molecule has 9 N–H and O–H groups in total. The maximum atomic E-state index is 10.9. The summed E-state index contributed by atoms with van der Waals surface area (Å²) in [6.07, 6.45) is -1.48. The first-order chi connectivity index (χ1) is 16.4. The molecule has 0 fully saturated rings. The van der Waals surface area contributed by atoms with E-state index in [1.54, 1.807) is 13.8 Å². The Kier molecular flexibility index (Phi) is 18.7. The topological polar surface area (TPSA) is 180 Å². The summed E-state index contributed by atoms with van der Waals surface area (Å²) >= 11 is 0. The van der Waals surface area contributed by atoms with Gasteiger partial charge in [0.05, 0.1) is 30.5 Å². The molecule has 0 spiro atoms. The van der Waals surface area contributed by atoms with Crippen molar-refractivity contribution < 1.29 is 34.3 Å². The number of aliphatic hydroxyl groups excluding tert-OH is 1. The maximum Gasteiger partial charge on any atom is 0.329 e. The second-order valence-corrected chi connectivity index (χ2v) is 9.93. The molecule has 0 heterocycles. The number of hydrogen-bond donors (Lipinski definition) is 8. The number of carboxylic acid groups (broad SMARTS) is 1. The van der Waals surface area contributed by atoms with E-state index in [4.69, 9.17) is 25.1 Å². The van der Waals surface area contributed by atoms with Crippen molar-refractivity contribution in [3.05, 3.63) is 0 Å². The van der Waals surface area contributed by atoms with Crippen LogP contribution in [0.15, 0.2) is 0 Å². The molecule has 210 valence electrons. The van der Waals surface area contributed by atoms with Gasteiger partial charge in [-0.15, -0.1) is 0 Å². The van der Waals surface area contributed by atoms with Crippen molar-refractivity contribution in [2.45, 2.75) is 58.2 Å². The van der Waals surface area contributed by atoms with E-state index in [1.165, 1.54) is 0 Å². The fourth-order valence-corrected chi connectivity index (χ4v) is 3.24. The van der Waals surface area contributed by atoms with Gasteiger partial charge in [0.2, 0.25) is 0 Å². The Morgan fingerprint density at radius 2 is 1.43 bits per heavy atom. The van der Waals surface area contributed by atoms with Crippen LogP contribution in [0.3, 0.4) is 0 Å². The number of aliphatic hydroxyl groups is 2. The quantitative estimate of drug-likeness (QED) is 0.0579. The minimum atomic E-state index is -1.27. The second kappa shape index (κ2) is 19.2. The first-order valence-electron chi connectivity index (χ1n) is 12.4. The van der Waals surface area contributed by atoms with Crippen LogP contribution >= 0.6 is 0 Å². The smallest absolute Gasteiger partial charge is 0.329 e. The molecule has 0 aromatic carbocycles. The minimum absolute atomic E-state index is 0.109. The van der Waals surface area contributed by atoms with Gasteiger partial charge in [0.1, 0.15) is 6.61 Å². The molecule has 0 saturated heterocycles. The molecule has 3 unspecified atom stereocenters. The van der Waals surface area contributed by atoms with Crippen molar-refractivity contribution in [2.24, 2.45) is 11.7 Å². The van der Waals surface area contributed by atoms with Gasteiger partial charge in [-0.05, 0) is 34.6 Å². The number of carboxylic acids is 1. The molecule has 0 aliphatic heterocycles. The number of carbonyl (C=O) groups is 1. The van der Waals surface area contributed by atoms with Gasteiger partial charge in [-0.3, -0.25) is 0 Å². The molecule has 0 aromatic heterocycles. The second-order valence-electron chi connectivity index (χ2n) is 9.93. The largest absolute Gasteiger partial charge is 0.480 e. The van der Waals surface area contributed by atoms with E-state index in [0.29, 0.717) is 19.6 Å². The normalized spacial score (nSPS) is 15.2. The van der Waals surface area contributed by atoms with E-state index in [2.05, 4.69) is 21.3 Å². The van der Waals surface area contributed by atoms with Crippen molar-refractivity contribution >= 4 is 5.97 Å². The zero-order chi connectivity index (χ0) is 26.7. The lowest BCUT2D eigenvalue weighted by Gasteiger charge is -2.37. The highest BCUT2D eigenvalue weighted by molar-refractivity contribution is 5.67. The summed E-state index contributed by atoms with van der Waals surface area (Å²) in [5, 5.41) is 42.5. The van der Waals surface area contributed by atoms with Crippen LogP contribution in [0.2, 0.25) is 0 Å². The van der Waals surface area contributed by atoms with E-state index in [-0.39, 0.29) is 13.2 Å². The van der Waals surface area contributed by atoms with Crippen LogP contribution in [0.25, 0.3) is 0 Å². The van der Waals surface area contributed by atoms with E-state index in [9.17, 15) is 15.0 Å². The van der Waals surface area contributed by atoms with Gasteiger partial charge in [-0.1, -0.05) is 0 Å². The molecule has 0 saturated carbocycles. The molecule has 0 aliphatic carbocycles. The monoisotopic (exact) mass is 509 g/mol. The Hall–Kier alpha value is -0.930. The molecule has 3 atom stereocenters. The van der Waals surface area contributed by atoms with E-state index in [0.717, 1.165) is 39.3 Å². The summed E-state index contributed by atoms with van der Waals surface area (Å²) in [7, 11) is 0. The molecule has 0 bridgehead atoms. The maximum absolute atomic E-state index is 10.9. The molecule has 0 aromatic rings. The van der Waals surface area contributed by atoms with Gasteiger partial charge in [-0.2, -0.15) is 0 Å². The average molecular weight is 510 g/mol. The Morgan fingerprint density at radius 1 is 0.914 bits per heavy atom. The third-order valence-corrected chi connectivity index (χ3v) is 4.94. The minimum Gasteiger partial charge on any atom is -0.480 e. The molecule has 0 amide bonds. The molecular formula is C23H51N5O7. The molecule has 0 rings (SSSR count). The highest BCUT2D eigenvalue weighted by Gasteiger charge is 2.37. The average Bonchev–Trinajstić information content (AvgIpc) is 2.72. The van der Waals surface area contributed by atoms with Gasteiger partial charge in [0.15, 0.2) is 6.29 Å². The number of ether oxygens (including phenoxy) is 3. The van der Waals surface area contributed by atoms with Crippen molar-refractivity contribution in [3.8, 4) is 0 Å². The molecular weight excluding hydrogens is 458 g/mol. The van der Waals surface area contributed by atoms with Crippen LogP contribution < -0.4 is 27.0 Å². The number of nitrogens with one attached hydrogen (secondary N) is 4. The number of aliphatic carboxylic acids is 1. The van der Waals surface area contributed by atoms with Crippen molar-refractivity contribution in [2.75, 3.05) is 78.7 Å². The highest BCUT2D eigenvalue weighted by atomic mass is 16.7. The summed E-state index contributed by atoms with van der Waals surface area (Å²) in [5.74, 6) is -1.82. The first kappa shape index (κ1) is 34.1. The standard InChI is InChI=1S/C23H51N5O7/c1-22(2,3)35-21(14-28-13-12-27-11-10-26-9-8-25-7-6-24)34-19(16-33-17-20(30)31)18(15-29)23(4,5)32/h18-19,21,25-29,32H,6-17,24H2,1-5H3,(H,30,31). The first-order valence-corrected chi connectivity index (χ1v) is 12.4. The van der Waals surface area contributed by atoms with Crippen LogP contribution in [0.5, 0.6) is 0 Å². The van der Waals surface area contributed by atoms with Crippen molar-refractivity contribution in [1.29, 1.82) is 0 Å². The molecule has 12 heteroatoms. The molecule has 35 heavy (non-hydrogen) atoms. The molecule has 0 radical (unpaired) electrons. The molecule has 12 nitrogen and oxygen atoms in total. The van der Waals surface area contributed by atoms with Gasteiger partial charge < -0.3 is 56.5 Å². The summed E-state index contributed by atoms with van der Waals surface area (Å²) in [4.78, 5) is 10.9. The highest BCUT2D eigenvalue weighted by Crippen LogP contribution is 2.25. The van der Waals surface area contributed by atoms with Gasteiger partial charge in [-0.25, -0.2) is 4.79 Å². The predicted octanol–water partition coefficient (Wildman–Crippen LogP) is -1.69. The zero-order valence-corrected chi connectivity index (χ0v) is 22.3.